The molecule has 1 aliphatic rings. The molecule has 1 saturated heterocycles. The summed E-state index contributed by atoms with van der Waals surface area (Å²) in [5.41, 5.74) is -5.28. The van der Waals surface area contributed by atoms with Crippen LogP contribution in [-0.4, -0.2) is 64.6 Å². The van der Waals surface area contributed by atoms with Crippen LogP contribution in [0, 0.1) is 6.92 Å². The van der Waals surface area contributed by atoms with Crippen molar-refractivity contribution in [3.05, 3.63) is 24.3 Å². The van der Waals surface area contributed by atoms with Crippen molar-refractivity contribution in [2.45, 2.75) is 37.9 Å². The molecule has 2 N–H and O–H groups in total. The zero-order valence-corrected chi connectivity index (χ0v) is 19.3. The van der Waals surface area contributed by atoms with Crippen LogP contribution in [0.25, 0.3) is 0 Å². The number of hydrogen-bond acceptors (Lipinski definition) is 5. The van der Waals surface area contributed by atoms with Gasteiger partial charge >= 0.3 is 15.5 Å². The van der Waals surface area contributed by atoms with Gasteiger partial charge in [-0.05, 0) is 19.8 Å². The zero-order chi connectivity index (χ0) is 20.9. The normalized spacial score (nSPS) is 16.9. The first-order valence-electron chi connectivity index (χ1n) is 8.63. The minimum atomic E-state index is -5.29. The van der Waals surface area contributed by atoms with E-state index < -0.39 is 15.5 Å². The van der Waals surface area contributed by atoms with Crippen molar-refractivity contribution in [2.75, 3.05) is 19.6 Å². The summed E-state index contributed by atoms with van der Waals surface area (Å²) in [5, 5.41) is 14.1. The molecule has 0 aliphatic carbocycles. The summed E-state index contributed by atoms with van der Waals surface area (Å²) >= 11 is 0. The Morgan fingerprint density at radius 1 is 1.34 bits per heavy atom. The quantitative estimate of drug-likeness (QED) is 0.239. The lowest BCUT2D eigenvalue weighted by Crippen LogP contribution is -2.51. The summed E-state index contributed by atoms with van der Waals surface area (Å²) < 4.78 is 63.2. The lowest BCUT2D eigenvalue weighted by Gasteiger charge is -2.32. The Morgan fingerprint density at radius 3 is 2.45 bits per heavy atom. The van der Waals surface area contributed by atoms with Crippen molar-refractivity contribution in [3.8, 4) is 0 Å². The third kappa shape index (κ3) is 6.53. The standard InChI is InChI=1S/C15H24F3N7O2S.HI/c1-4-7-19-14(20-10-13-23-22-11(2)24(13)3)21-12-5-8-25(9-6-12)28(26,27)15(16,17)18;/h4,12H,1,5-10H2,2-3H3,(H2,19,20,21);1H. The van der Waals surface area contributed by atoms with E-state index >= 15 is 0 Å². The van der Waals surface area contributed by atoms with Crippen LogP contribution in [0.3, 0.4) is 0 Å². The van der Waals surface area contributed by atoms with E-state index in [2.05, 4.69) is 32.4 Å². The molecule has 2 heterocycles. The number of aryl methyl sites for hydroxylation is 1. The smallest absolute Gasteiger partial charge is 0.354 e. The van der Waals surface area contributed by atoms with Crippen molar-refractivity contribution in [1.29, 1.82) is 0 Å². The summed E-state index contributed by atoms with van der Waals surface area (Å²) in [6, 6.07) is -0.211. The van der Waals surface area contributed by atoms with Crippen molar-refractivity contribution in [3.63, 3.8) is 0 Å². The molecule has 0 amide bonds. The Labute approximate surface area is 184 Å². The number of guanidine groups is 1. The fraction of sp³-hybridized carbons (Fsp3) is 0.667. The summed E-state index contributed by atoms with van der Waals surface area (Å²) in [5.74, 6) is 1.85. The molecule has 2 rings (SSSR count). The predicted molar refractivity (Wildman–Crippen MR) is 113 cm³/mol. The van der Waals surface area contributed by atoms with E-state index in [1.54, 1.807) is 10.6 Å². The minimum Gasteiger partial charge on any atom is -0.354 e. The lowest BCUT2D eigenvalue weighted by atomic mass is 10.1. The number of alkyl halides is 3. The zero-order valence-electron chi connectivity index (χ0n) is 16.1. The van der Waals surface area contributed by atoms with Gasteiger partial charge < -0.3 is 15.2 Å². The number of rotatable bonds is 6. The topological polar surface area (TPSA) is 105 Å². The largest absolute Gasteiger partial charge is 0.511 e. The Kier molecular flexibility index (Phi) is 9.33. The van der Waals surface area contributed by atoms with Gasteiger partial charge in [0.1, 0.15) is 12.4 Å². The Balaban J connectivity index is 0.00000420. The van der Waals surface area contributed by atoms with Crippen LogP contribution in [0.5, 0.6) is 0 Å². The molecule has 0 unspecified atom stereocenters. The average molecular weight is 551 g/mol. The second-order valence-electron chi connectivity index (χ2n) is 6.33. The summed E-state index contributed by atoms with van der Waals surface area (Å²) in [7, 11) is -3.47. The number of piperidine rings is 1. The molecule has 1 fully saturated rings. The third-order valence-corrected chi connectivity index (χ3v) is 6.03. The van der Waals surface area contributed by atoms with Gasteiger partial charge in [-0.15, -0.1) is 40.8 Å². The molecule has 29 heavy (non-hydrogen) atoms. The first kappa shape index (κ1) is 25.6. The van der Waals surface area contributed by atoms with Gasteiger partial charge in [-0.2, -0.15) is 17.5 Å². The Bertz CT molecular complexity index is 818. The number of nitrogens with one attached hydrogen (secondary N) is 2. The fourth-order valence-electron chi connectivity index (χ4n) is 2.64. The minimum absolute atomic E-state index is 0. The average Bonchev–Trinajstić information content (AvgIpc) is 2.95. The van der Waals surface area contributed by atoms with E-state index in [9.17, 15) is 21.6 Å². The number of aliphatic imine (C=N–C) groups is 1. The van der Waals surface area contributed by atoms with Crippen molar-refractivity contribution < 1.29 is 21.6 Å². The SMILES string of the molecule is C=CCNC(=NCc1nnc(C)n1C)NC1CCN(S(=O)(=O)C(F)(F)F)CC1.I. The molecule has 1 aromatic rings. The molecule has 166 valence electrons. The van der Waals surface area contributed by atoms with Gasteiger partial charge in [0.15, 0.2) is 11.8 Å². The van der Waals surface area contributed by atoms with Crippen LogP contribution in [-0.2, 0) is 23.6 Å². The van der Waals surface area contributed by atoms with Crippen LogP contribution in [0.2, 0.25) is 0 Å². The summed E-state index contributed by atoms with van der Waals surface area (Å²) in [4.78, 5) is 4.42. The van der Waals surface area contributed by atoms with Gasteiger partial charge in [-0.25, -0.2) is 13.4 Å². The number of hydrogen-bond donors (Lipinski definition) is 2. The Hall–Kier alpha value is -1.42. The van der Waals surface area contributed by atoms with E-state index in [0.29, 0.717) is 22.6 Å². The summed E-state index contributed by atoms with van der Waals surface area (Å²) in [6.07, 6.45) is 2.10. The van der Waals surface area contributed by atoms with Crippen LogP contribution >= 0.6 is 24.0 Å². The lowest BCUT2D eigenvalue weighted by molar-refractivity contribution is -0.0494. The molecule has 0 aromatic carbocycles. The monoisotopic (exact) mass is 551 g/mol. The van der Waals surface area contributed by atoms with Crippen LogP contribution in [0.1, 0.15) is 24.5 Å². The molecule has 0 spiro atoms. The highest BCUT2D eigenvalue weighted by Gasteiger charge is 2.50. The van der Waals surface area contributed by atoms with Gasteiger partial charge in [-0.1, -0.05) is 6.08 Å². The van der Waals surface area contributed by atoms with E-state index in [4.69, 9.17) is 0 Å². The fourth-order valence-corrected chi connectivity index (χ4v) is 3.62. The highest BCUT2D eigenvalue weighted by atomic mass is 127. The van der Waals surface area contributed by atoms with Crippen LogP contribution < -0.4 is 10.6 Å². The number of sulfonamides is 1. The third-order valence-electron chi connectivity index (χ3n) is 4.40. The number of aromatic nitrogens is 3. The van der Waals surface area contributed by atoms with E-state index in [-0.39, 0.29) is 62.5 Å². The van der Waals surface area contributed by atoms with E-state index in [1.807, 2.05) is 14.0 Å². The molecule has 1 aliphatic heterocycles. The van der Waals surface area contributed by atoms with E-state index in [1.165, 1.54) is 0 Å². The highest BCUT2D eigenvalue weighted by molar-refractivity contribution is 14.0. The Morgan fingerprint density at radius 2 is 1.97 bits per heavy atom. The molecular formula is C15H25F3IN7O2S. The number of nitrogens with zero attached hydrogens (tertiary/aromatic N) is 5. The first-order valence-corrected chi connectivity index (χ1v) is 10.1. The van der Waals surface area contributed by atoms with Crippen molar-refractivity contribution in [2.24, 2.45) is 12.0 Å². The summed E-state index contributed by atoms with van der Waals surface area (Å²) in [6.45, 7) is 5.71. The maximum absolute atomic E-state index is 12.7. The molecule has 0 saturated carbocycles. The van der Waals surface area contributed by atoms with Crippen LogP contribution in [0.4, 0.5) is 13.2 Å². The van der Waals surface area contributed by atoms with Crippen molar-refractivity contribution in [1.82, 2.24) is 29.7 Å². The molecule has 9 nitrogen and oxygen atoms in total. The highest BCUT2D eigenvalue weighted by Crippen LogP contribution is 2.28. The van der Waals surface area contributed by atoms with Gasteiger partial charge in [0.25, 0.3) is 0 Å². The molecule has 0 bridgehead atoms. The van der Waals surface area contributed by atoms with Gasteiger partial charge in [-0.3, -0.25) is 0 Å². The van der Waals surface area contributed by atoms with Gasteiger partial charge in [0, 0.05) is 32.7 Å². The second-order valence-corrected chi connectivity index (χ2v) is 8.25. The van der Waals surface area contributed by atoms with Gasteiger partial charge in [0.05, 0.1) is 0 Å². The molecule has 14 heteroatoms. The second kappa shape index (κ2) is 10.6. The van der Waals surface area contributed by atoms with Gasteiger partial charge in [0.2, 0.25) is 0 Å². The molecule has 0 radical (unpaired) electrons. The van der Waals surface area contributed by atoms with E-state index in [0.717, 1.165) is 5.82 Å². The number of halogens is 4. The van der Waals surface area contributed by atoms with Crippen molar-refractivity contribution >= 4 is 40.0 Å². The molecule has 0 atom stereocenters. The van der Waals surface area contributed by atoms with Crippen LogP contribution in [0.15, 0.2) is 17.6 Å². The predicted octanol–water partition coefficient (Wildman–Crippen LogP) is 1.28. The molecule has 1 aromatic heterocycles. The maximum atomic E-state index is 12.7. The molecular weight excluding hydrogens is 526 g/mol. The first-order chi connectivity index (χ1) is 13.1. The maximum Gasteiger partial charge on any atom is 0.511 e.